The Bertz CT molecular complexity index is 1210. The zero-order valence-electron chi connectivity index (χ0n) is 25.4. The normalized spacial score (nSPS) is 35.3. The van der Waals surface area contributed by atoms with E-state index < -0.39 is 0 Å². The maximum absolute atomic E-state index is 12.6. The summed E-state index contributed by atoms with van der Waals surface area (Å²) in [6.45, 7) is 10.5. The molecular formula is C32H47N7O3. The molecule has 6 unspecified atom stereocenters. The van der Waals surface area contributed by atoms with E-state index in [0.717, 1.165) is 56.8 Å². The Morgan fingerprint density at radius 1 is 1.24 bits per heavy atom. The number of anilines is 1. The lowest BCUT2D eigenvalue weighted by atomic mass is 9.72. The second kappa shape index (κ2) is 12.1. The fraction of sp³-hybridized carbons (Fsp3) is 0.688. The third-order valence-corrected chi connectivity index (χ3v) is 10.3. The molecule has 0 bridgehead atoms. The van der Waals surface area contributed by atoms with Crippen LogP contribution in [0.2, 0.25) is 0 Å². The first-order valence-corrected chi connectivity index (χ1v) is 15.7. The molecule has 2 N–H and O–H groups in total. The number of ether oxygens (including phenoxy) is 2. The van der Waals surface area contributed by atoms with Crippen LogP contribution in [0.1, 0.15) is 44.1 Å². The van der Waals surface area contributed by atoms with Crippen LogP contribution in [0.5, 0.6) is 5.75 Å². The van der Waals surface area contributed by atoms with Gasteiger partial charge in [0.1, 0.15) is 11.4 Å². The fourth-order valence-electron chi connectivity index (χ4n) is 8.09. The van der Waals surface area contributed by atoms with E-state index in [2.05, 4.69) is 77.2 Å². The second-order valence-corrected chi connectivity index (χ2v) is 13.1. The first-order chi connectivity index (χ1) is 20.3. The standard InChI is InChI=1S/C32H47N7O3/c1-5-29(40)39-16-15-38(19-23(39)11-13-33)30-25-10-12-32(21-37(4)27-9-8-22(2)17-28(27)42-32)18-26(25)34-31(35-30)41-20-24-7-6-14-36(24)3/h5,8-9,17,23-26,30-31,34-35H,1,6-7,10-12,14-16,18-21H2,2-4H3/t23?,24?,25?,26?,30?,31?,32-/m1/s1. The Hall–Kier alpha value is -2.68. The number of likely N-dealkylation sites (N-methyl/N-ethyl adjacent to an activating group) is 2. The van der Waals surface area contributed by atoms with Gasteiger partial charge in [-0.2, -0.15) is 5.26 Å². The second-order valence-electron chi connectivity index (χ2n) is 13.1. The number of aryl methyl sites for hydroxylation is 1. The number of carbonyl (C=O) groups is 1. The van der Waals surface area contributed by atoms with Crippen LogP contribution < -0.4 is 20.3 Å². The zero-order chi connectivity index (χ0) is 29.4. The Morgan fingerprint density at radius 3 is 2.86 bits per heavy atom. The molecule has 42 heavy (non-hydrogen) atoms. The van der Waals surface area contributed by atoms with E-state index in [9.17, 15) is 10.1 Å². The lowest BCUT2D eigenvalue weighted by Gasteiger charge is -2.56. The number of likely N-dealkylation sites (tertiary alicyclic amines) is 1. The van der Waals surface area contributed by atoms with Crippen LogP contribution in [0.4, 0.5) is 5.69 Å². The molecule has 1 aliphatic carbocycles. The fourth-order valence-corrected chi connectivity index (χ4v) is 8.09. The van der Waals surface area contributed by atoms with Crippen molar-refractivity contribution in [1.82, 2.24) is 25.3 Å². The molecule has 4 fully saturated rings. The van der Waals surface area contributed by atoms with Crippen molar-refractivity contribution < 1.29 is 14.3 Å². The molecule has 10 heteroatoms. The van der Waals surface area contributed by atoms with Gasteiger partial charge in [-0.15, -0.1) is 0 Å². The zero-order valence-corrected chi connectivity index (χ0v) is 25.4. The molecule has 5 aliphatic rings. The Kier molecular flexibility index (Phi) is 8.49. The van der Waals surface area contributed by atoms with Gasteiger partial charge < -0.3 is 24.2 Å². The van der Waals surface area contributed by atoms with E-state index in [0.29, 0.717) is 38.1 Å². The minimum atomic E-state index is -0.279. The summed E-state index contributed by atoms with van der Waals surface area (Å²) in [5.74, 6) is 1.23. The van der Waals surface area contributed by atoms with Crippen LogP contribution in [-0.2, 0) is 9.53 Å². The number of nitriles is 1. The van der Waals surface area contributed by atoms with Crippen molar-refractivity contribution in [3.05, 3.63) is 36.4 Å². The Morgan fingerprint density at radius 2 is 2.10 bits per heavy atom. The maximum atomic E-state index is 12.6. The van der Waals surface area contributed by atoms with Crippen LogP contribution in [0.25, 0.3) is 0 Å². The van der Waals surface area contributed by atoms with Crippen molar-refractivity contribution in [3.63, 3.8) is 0 Å². The molecular weight excluding hydrogens is 530 g/mol. The number of piperazine rings is 1. The molecule has 0 aromatic heterocycles. The molecule has 7 atom stereocenters. The van der Waals surface area contributed by atoms with Crippen molar-refractivity contribution in [2.75, 3.05) is 58.3 Å². The van der Waals surface area contributed by atoms with Gasteiger partial charge in [0.25, 0.3) is 0 Å². The highest BCUT2D eigenvalue weighted by atomic mass is 16.5. The van der Waals surface area contributed by atoms with E-state index >= 15 is 0 Å². The van der Waals surface area contributed by atoms with E-state index in [1.807, 2.05) is 4.90 Å². The summed E-state index contributed by atoms with van der Waals surface area (Å²) in [6, 6.07) is 9.28. The summed E-state index contributed by atoms with van der Waals surface area (Å²) in [6.07, 6.45) is 6.73. The van der Waals surface area contributed by atoms with Crippen molar-refractivity contribution in [1.29, 1.82) is 5.26 Å². The minimum Gasteiger partial charge on any atom is -0.483 e. The molecule has 228 valence electrons. The van der Waals surface area contributed by atoms with Crippen LogP contribution in [-0.4, -0.2) is 110 Å². The molecule has 10 nitrogen and oxygen atoms in total. The van der Waals surface area contributed by atoms with Gasteiger partial charge >= 0.3 is 0 Å². The summed E-state index contributed by atoms with van der Waals surface area (Å²) >= 11 is 0. The molecule has 0 radical (unpaired) electrons. The smallest absolute Gasteiger partial charge is 0.246 e. The third-order valence-electron chi connectivity index (χ3n) is 10.3. The minimum absolute atomic E-state index is 0.0814. The summed E-state index contributed by atoms with van der Waals surface area (Å²) in [5, 5.41) is 17.2. The predicted octanol–water partition coefficient (Wildman–Crippen LogP) is 2.26. The molecule has 4 aliphatic heterocycles. The number of amides is 1. The molecule has 1 aromatic carbocycles. The average molecular weight is 578 g/mol. The SMILES string of the molecule is C=CC(=O)N1CCN(C2NC(OCC3CCCN3C)NC3C[C@]4(CCC32)CN(C)c2ccc(C)cc2O4)CC1CC#N. The van der Waals surface area contributed by atoms with Crippen molar-refractivity contribution >= 4 is 11.6 Å². The van der Waals surface area contributed by atoms with Gasteiger partial charge in [0.2, 0.25) is 5.91 Å². The quantitative estimate of drug-likeness (QED) is 0.494. The van der Waals surface area contributed by atoms with Gasteiger partial charge in [-0.3, -0.25) is 20.3 Å². The number of nitrogens with one attached hydrogen (secondary N) is 2. The number of benzene rings is 1. The average Bonchev–Trinajstić information content (AvgIpc) is 3.39. The van der Waals surface area contributed by atoms with E-state index in [-0.39, 0.29) is 36.1 Å². The van der Waals surface area contributed by atoms with E-state index in [1.165, 1.54) is 18.1 Å². The van der Waals surface area contributed by atoms with E-state index in [4.69, 9.17) is 9.47 Å². The Labute approximate surface area is 250 Å². The highest BCUT2D eigenvalue weighted by molar-refractivity contribution is 5.87. The van der Waals surface area contributed by atoms with Gasteiger partial charge in [-0.05, 0) is 70.0 Å². The summed E-state index contributed by atoms with van der Waals surface area (Å²) in [7, 11) is 4.36. The number of rotatable bonds is 6. The van der Waals surface area contributed by atoms with Crippen LogP contribution in [0.15, 0.2) is 30.9 Å². The first kappa shape index (κ1) is 29.4. The maximum Gasteiger partial charge on any atom is 0.246 e. The largest absolute Gasteiger partial charge is 0.483 e. The third kappa shape index (κ3) is 5.78. The molecule has 1 amide bonds. The lowest BCUT2D eigenvalue weighted by Crippen LogP contribution is -2.73. The summed E-state index contributed by atoms with van der Waals surface area (Å²) < 4.78 is 13.4. The van der Waals surface area contributed by atoms with Crippen molar-refractivity contribution in [2.45, 2.75) is 81.7 Å². The molecule has 3 saturated heterocycles. The number of hydrogen-bond acceptors (Lipinski definition) is 9. The van der Waals surface area contributed by atoms with Crippen LogP contribution in [0, 0.1) is 24.2 Å². The number of fused-ring (bicyclic) bond motifs is 2. The van der Waals surface area contributed by atoms with Gasteiger partial charge in [-0.25, -0.2) is 0 Å². The van der Waals surface area contributed by atoms with Gasteiger partial charge in [0.15, 0.2) is 6.35 Å². The highest BCUT2D eigenvalue weighted by Crippen LogP contribution is 2.46. The summed E-state index contributed by atoms with van der Waals surface area (Å²) in [4.78, 5) is 21.6. The number of carbonyl (C=O) groups excluding carboxylic acids is 1. The Balaban J connectivity index is 1.22. The highest BCUT2D eigenvalue weighted by Gasteiger charge is 2.52. The van der Waals surface area contributed by atoms with E-state index in [1.54, 1.807) is 0 Å². The molecule has 1 aromatic rings. The molecule has 4 heterocycles. The van der Waals surface area contributed by atoms with Crippen LogP contribution >= 0.6 is 0 Å². The monoisotopic (exact) mass is 577 g/mol. The number of hydrogen-bond donors (Lipinski definition) is 2. The van der Waals surface area contributed by atoms with Crippen molar-refractivity contribution in [3.8, 4) is 11.8 Å². The summed E-state index contributed by atoms with van der Waals surface area (Å²) in [5.41, 5.74) is 2.10. The van der Waals surface area contributed by atoms with Gasteiger partial charge in [-0.1, -0.05) is 12.6 Å². The number of nitrogens with zero attached hydrogens (tertiary/aromatic N) is 5. The van der Waals surface area contributed by atoms with Gasteiger partial charge in [0, 0.05) is 51.1 Å². The molecule has 1 spiro atoms. The topological polar surface area (TPSA) is 96.3 Å². The van der Waals surface area contributed by atoms with Crippen LogP contribution in [0.3, 0.4) is 0 Å². The molecule has 6 rings (SSSR count). The predicted molar refractivity (Wildman–Crippen MR) is 162 cm³/mol. The lowest BCUT2D eigenvalue weighted by molar-refractivity contribution is -0.139. The molecule has 1 saturated carbocycles. The van der Waals surface area contributed by atoms with Crippen molar-refractivity contribution in [2.24, 2.45) is 5.92 Å². The van der Waals surface area contributed by atoms with Gasteiger partial charge in [0.05, 0.1) is 43.5 Å². The first-order valence-electron chi connectivity index (χ1n) is 15.7.